The van der Waals surface area contributed by atoms with Gasteiger partial charge in [0, 0.05) is 12.1 Å². The Morgan fingerprint density at radius 1 is 1.16 bits per heavy atom. The van der Waals surface area contributed by atoms with Gasteiger partial charge in [-0.25, -0.2) is 16.8 Å². The van der Waals surface area contributed by atoms with Crippen molar-refractivity contribution in [3.63, 3.8) is 0 Å². The van der Waals surface area contributed by atoms with Gasteiger partial charge in [0.2, 0.25) is 0 Å². The van der Waals surface area contributed by atoms with Crippen molar-refractivity contribution in [3.05, 3.63) is 53.1 Å². The molecule has 132 valence electrons. The normalized spacial score (nSPS) is 16.3. The molecular weight excluding hydrogens is 386 g/mol. The molecule has 1 heterocycles. The fourth-order valence-electron chi connectivity index (χ4n) is 2.67. The topological polar surface area (TPSA) is 88.6 Å². The highest BCUT2D eigenvalue weighted by Gasteiger charge is 2.35. The summed E-state index contributed by atoms with van der Waals surface area (Å²) >= 11 is 5.94. The number of rotatable bonds is 3. The Kier molecular flexibility index (Phi) is 4.38. The second kappa shape index (κ2) is 6.12. The van der Waals surface area contributed by atoms with Crippen molar-refractivity contribution in [2.75, 3.05) is 16.6 Å². The minimum absolute atomic E-state index is 0.0226. The molecule has 0 atom stereocenters. The monoisotopic (exact) mass is 399 g/mol. The van der Waals surface area contributed by atoms with Crippen LogP contribution in [0.1, 0.15) is 17.3 Å². The molecule has 0 aliphatic carbocycles. The molecule has 0 aromatic heterocycles. The Labute approximate surface area is 151 Å². The van der Waals surface area contributed by atoms with Gasteiger partial charge in [0.1, 0.15) is 0 Å². The molecule has 0 bridgehead atoms. The summed E-state index contributed by atoms with van der Waals surface area (Å²) in [6, 6.07) is 9.81. The Hall–Kier alpha value is -1.90. The van der Waals surface area contributed by atoms with Crippen LogP contribution in [0.25, 0.3) is 0 Å². The average molecular weight is 400 g/mol. The fraction of sp³-hybridized carbons (Fsp3) is 0.188. The van der Waals surface area contributed by atoms with Crippen molar-refractivity contribution in [1.29, 1.82) is 0 Å². The highest BCUT2D eigenvalue weighted by Crippen LogP contribution is 2.34. The first-order valence-electron chi connectivity index (χ1n) is 7.29. The van der Waals surface area contributed by atoms with Crippen LogP contribution in [0.5, 0.6) is 0 Å². The lowest BCUT2D eigenvalue weighted by atomic mass is 10.1. The van der Waals surface area contributed by atoms with Crippen LogP contribution in [0.4, 0.5) is 5.69 Å². The second-order valence-corrected chi connectivity index (χ2v) is 9.91. The lowest BCUT2D eigenvalue weighted by Crippen LogP contribution is -2.39. The lowest BCUT2D eigenvalue weighted by Gasteiger charge is -2.30. The molecule has 0 N–H and O–H groups in total. The van der Waals surface area contributed by atoms with Gasteiger partial charge in [-0.1, -0.05) is 23.7 Å². The standard InChI is InChI=1S/C16H14ClNO5S2/c1-11(19)13-10-12(6-7-14(13)17)25(22,23)18-8-9-24(20,21)16-5-3-2-4-15(16)18/h2-7,10H,8-9H2,1H3. The van der Waals surface area contributed by atoms with Crippen molar-refractivity contribution in [2.45, 2.75) is 16.7 Å². The summed E-state index contributed by atoms with van der Waals surface area (Å²) in [6.45, 7) is 1.10. The quantitative estimate of drug-likeness (QED) is 0.740. The molecule has 1 aliphatic heterocycles. The van der Waals surface area contributed by atoms with Gasteiger partial charge in [0.25, 0.3) is 10.0 Å². The summed E-state index contributed by atoms with van der Waals surface area (Å²) in [4.78, 5) is 11.5. The summed E-state index contributed by atoms with van der Waals surface area (Å²) in [6.07, 6.45) is 0. The predicted octanol–water partition coefficient (Wildman–Crippen LogP) is 2.53. The maximum Gasteiger partial charge on any atom is 0.264 e. The lowest BCUT2D eigenvalue weighted by molar-refractivity contribution is 0.101. The zero-order valence-electron chi connectivity index (χ0n) is 13.1. The summed E-state index contributed by atoms with van der Waals surface area (Å²) in [5.74, 6) is -0.667. The molecule has 0 saturated carbocycles. The Morgan fingerprint density at radius 3 is 2.52 bits per heavy atom. The SMILES string of the molecule is CC(=O)c1cc(S(=O)(=O)N2CCS(=O)(=O)c3ccccc32)ccc1Cl. The van der Waals surface area contributed by atoms with E-state index in [9.17, 15) is 21.6 Å². The Morgan fingerprint density at radius 2 is 1.84 bits per heavy atom. The number of hydrogen-bond acceptors (Lipinski definition) is 5. The van der Waals surface area contributed by atoms with E-state index in [2.05, 4.69) is 0 Å². The van der Waals surface area contributed by atoms with Crippen molar-refractivity contribution < 1.29 is 21.6 Å². The van der Waals surface area contributed by atoms with Crippen LogP contribution in [0, 0.1) is 0 Å². The summed E-state index contributed by atoms with van der Waals surface area (Å²) in [7, 11) is -7.57. The fourth-order valence-corrected chi connectivity index (χ4v) is 6.03. The number of nitrogens with zero attached hydrogens (tertiary/aromatic N) is 1. The minimum Gasteiger partial charge on any atom is -0.294 e. The molecule has 6 nitrogen and oxygen atoms in total. The number of sulfone groups is 1. The molecule has 0 saturated heterocycles. The van der Waals surface area contributed by atoms with Gasteiger partial charge in [-0.15, -0.1) is 0 Å². The molecule has 2 aromatic rings. The predicted molar refractivity (Wildman–Crippen MR) is 94.5 cm³/mol. The van der Waals surface area contributed by atoms with E-state index in [1.54, 1.807) is 12.1 Å². The number of carbonyl (C=O) groups is 1. The molecular formula is C16H14ClNO5S2. The van der Waals surface area contributed by atoms with E-state index in [1.807, 2.05) is 0 Å². The van der Waals surface area contributed by atoms with E-state index in [4.69, 9.17) is 11.6 Å². The zero-order chi connectivity index (χ0) is 18.4. The highest BCUT2D eigenvalue weighted by molar-refractivity contribution is 7.94. The van der Waals surface area contributed by atoms with Gasteiger partial charge in [0.15, 0.2) is 15.6 Å². The van der Waals surface area contributed by atoms with Crippen LogP contribution < -0.4 is 4.31 Å². The summed E-state index contributed by atoms with van der Waals surface area (Å²) in [5, 5.41) is 0.160. The number of para-hydroxylation sites is 1. The first kappa shape index (κ1) is 17.9. The molecule has 0 radical (unpaired) electrons. The third-order valence-electron chi connectivity index (χ3n) is 3.94. The summed E-state index contributed by atoms with van der Waals surface area (Å²) < 4.78 is 51.5. The number of Topliss-reactive ketones (excluding diaryl/α,β-unsaturated/α-hetero) is 1. The zero-order valence-corrected chi connectivity index (χ0v) is 15.5. The molecule has 3 rings (SSSR count). The molecule has 0 fully saturated rings. The van der Waals surface area contributed by atoms with Gasteiger partial charge < -0.3 is 0 Å². The number of ketones is 1. The van der Waals surface area contributed by atoms with Crippen LogP contribution in [0.3, 0.4) is 0 Å². The van der Waals surface area contributed by atoms with Gasteiger partial charge >= 0.3 is 0 Å². The number of benzene rings is 2. The Balaban J connectivity index is 2.17. The smallest absolute Gasteiger partial charge is 0.264 e. The number of halogens is 1. The van der Waals surface area contributed by atoms with Crippen molar-refractivity contribution in [1.82, 2.24) is 0 Å². The van der Waals surface area contributed by atoms with Crippen molar-refractivity contribution in [3.8, 4) is 0 Å². The number of hydrogen-bond donors (Lipinski definition) is 0. The van der Waals surface area contributed by atoms with Crippen LogP contribution in [-0.4, -0.2) is 34.9 Å². The van der Waals surface area contributed by atoms with E-state index in [1.165, 1.54) is 37.3 Å². The average Bonchev–Trinajstić information content (AvgIpc) is 2.54. The third kappa shape index (κ3) is 3.05. The maximum atomic E-state index is 13.0. The molecule has 0 unspecified atom stereocenters. The largest absolute Gasteiger partial charge is 0.294 e. The van der Waals surface area contributed by atoms with E-state index in [0.29, 0.717) is 0 Å². The molecule has 2 aromatic carbocycles. The van der Waals surface area contributed by atoms with E-state index < -0.39 is 19.9 Å². The first-order valence-corrected chi connectivity index (χ1v) is 10.8. The Bertz CT molecular complexity index is 1080. The minimum atomic E-state index is -4.04. The highest BCUT2D eigenvalue weighted by atomic mass is 35.5. The van der Waals surface area contributed by atoms with Crippen molar-refractivity contribution in [2.24, 2.45) is 0 Å². The van der Waals surface area contributed by atoms with Gasteiger partial charge in [-0.3, -0.25) is 9.10 Å². The number of fused-ring (bicyclic) bond motifs is 1. The molecule has 9 heteroatoms. The summed E-state index contributed by atoms with van der Waals surface area (Å²) in [5.41, 5.74) is 0.203. The maximum absolute atomic E-state index is 13.0. The van der Waals surface area contributed by atoms with Gasteiger partial charge in [-0.2, -0.15) is 0 Å². The van der Waals surface area contributed by atoms with Gasteiger partial charge in [-0.05, 0) is 37.3 Å². The number of sulfonamides is 1. The number of anilines is 1. The van der Waals surface area contributed by atoms with Crippen LogP contribution in [0.15, 0.2) is 52.3 Å². The van der Waals surface area contributed by atoms with Crippen LogP contribution in [0.2, 0.25) is 5.02 Å². The molecule has 1 aliphatic rings. The third-order valence-corrected chi connectivity index (χ3v) is 7.81. The van der Waals surface area contributed by atoms with E-state index in [-0.39, 0.29) is 44.1 Å². The first-order chi connectivity index (χ1) is 11.6. The van der Waals surface area contributed by atoms with Gasteiger partial charge in [0.05, 0.1) is 26.3 Å². The molecule has 0 spiro atoms. The van der Waals surface area contributed by atoms with E-state index >= 15 is 0 Å². The van der Waals surface area contributed by atoms with Crippen molar-refractivity contribution >= 4 is 42.9 Å². The van der Waals surface area contributed by atoms with E-state index in [0.717, 1.165) is 4.31 Å². The molecule has 25 heavy (non-hydrogen) atoms. The molecule has 0 amide bonds. The van der Waals surface area contributed by atoms with Crippen LogP contribution in [-0.2, 0) is 19.9 Å². The van der Waals surface area contributed by atoms with Crippen LogP contribution >= 0.6 is 11.6 Å². The number of carbonyl (C=O) groups excluding carboxylic acids is 1. The second-order valence-electron chi connectivity index (χ2n) is 5.56.